The minimum atomic E-state index is 0.879. The second-order valence-corrected chi connectivity index (χ2v) is 22.1. The predicted octanol–water partition coefficient (Wildman–Crippen LogP) is 24.0. The number of rotatable bonds is 15. The summed E-state index contributed by atoms with van der Waals surface area (Å²) in [5.74, 6) is 0. The predicted molar refractivity (Wildman–Crippen MR) is 370 cm³/mol. The van der Waals surface area contributed by atoms with E-state index in [1.165, 1.54) is 22.3 Å². The molecule has 4 heteroatoms. The number of anilines is 9. The molecule has 0 spiro atoms. The average Bonchev–Trinajstić information content (AvgIpc) is 2.94. The van der Waals surface area contributed by atoms with E-state index in [0.29, 0.717) is 0 Å². The maximum atomic E-state index is 6.27. The highest BCUT2D eigenvalue weighted by molar-refractivity contribution is 6.06. The molecule has 14 aromatic carbocycles. The van der Waals surface area contributed by atoms with Crippen molar-refractivity contribution < 1.29 is 4.42 Å². The number of nitrogens with zero attached hydrogens (tertiary/aromatic N) is 3. The van der Waals surface area contributed by atoms with E-state index in [4.69, 9.17) is 4.42 Å². The molecule has 0 radical (unpaired) electrons. The van der Waals surface area contributed by atoms with Gasteiger partial charge in [-0.2, -0.15) is 0 Å². The lowest BCUT2D eigenvalue weighted by atomic mass is 10.0. The first kappa shape index (κ1) is 53.0. The first-order valence-corrected chi connectivity index (χ1v) is 29.9. The van der Waals surface area contributed by atoms with Gasteiger partial charge in [0.05, 0.1) is 17.1 Å². The molecule has 416 valence electrons. The maximum Gasteiger partial charge on any atom is 0.135 e. The number of hydrogen-bond acceptors (Lipinski definition) is 4. The van der Waals surface area contributed by atoms with Gasteiger partial charge >= 0.3 is 0 Å². The van der Waals surface area contributed by atoms with Crippen LogP contribution in [0.4, 0.5) is 51.2 Å². The van der Waals surface area contributed by atoms with Gasteiger partial charge in [-0.15, -0.1) is 0 Å². The van der Waals surface area contributed by atoms with E-state index in [0.717, 1.165) is 118 Å². The minimum Gasteiger partial charge on any atom is -0.456 e. The molecule has 0 N–H and O–H groups in total. The van der Waals surface area contributed by atoms with Crippen molar-refractivity contribution in [1.29, 1.82) is 0 Å². The van der Waals surface area contributed by atoms with E-state index >= 15 is 0 Å². The molecule has 0 aliphatic rings. The fourth-order valence-electron chi connectivity index (χ4n) is 12.2. The molecule has 88 heavy (non-hydrogen) atoms. The van der Waals surface area contributed by atoms with Crippen molar-refractivity contribution in [2.24, 2.45) is 0 Å². The highest BCUT2D eigenvalue weighted by Crippen LogP contribution is 2.48. The lowest BCUT2D eigenvalue weighted by Gasteiger charge is -2.33. The Morgan fingerprint density at radius 3 is 0.648 bits per heavy atom. The summed E-state index contributed by atoms with van der Waals surface area (Å²) in [4.78, 5) is 7.21. The van der Waals surface area contributed by atoms with E-state index in [1.54, 1.807) is 0 Å². The molecule has 4 nitrogen and oxygen atoms in total. The van der Waals surface area contributed by atoms with Crippen LogP contribution in [0, 0.1) is 0 Å². The fraction of sp³-hybridized carbons (Fsp3) is 0. The molecule has 0 fully saturated rings. The standard InChI is InChI=1S/C84H59N3O/c1-6-18-60(19-7-1)65-30-43-72(44-31-65)85(73-45-32-66(33-46-73)61-20-8-2-9-21-61)78-57-79(86(74-47-34-67(35-48-74)62-22-10-3-11-23-62)75-49-36-68(37-50-75)63-24-12-4-13-25-63)59-80(58-78)87(76-51-38-69(39-52-76)64-26-14-5-15-27-64)77-53-40-70(41-54-77)71-42-55-84-82(56-71)81-28-16-17-29-83(81)88-84/h1-59H. The molecule has 0 aliphatic heterocycles. The lowest BCUT2D eigenvalue weighted by molar-refractivity contribution is 0.669. The van der Waals surface area contributed by atoms with Gasteiger partial charge in [-0.05, 0) is 176 Å². The van der Waals surface area contributed by atoms with Gasteiger partial charge in [-0.25, -0.2) is 0 Å². The Kier molecular flexibility index (Phi) is 14.3. The van der Waals surface area contributed by atoms with Gasteiger partial charge in [0.15, 0.2) is 0 Å². The largest absolute Gasteiger partial charge is 0.456 e. The number of fused-ring (bicyclic) bond motifs is 3. The van der Waals surface area contributed by atoms with Gasteiger partial charge in [0.1, 0.15) is 11.2 Å². The van der Waals surface area contributed by atoms with Crippen molar-refractivity contribution in [3.63, 3.8) is 0 Å². The van der Waals surface area contributed by atoms with Gasteiger partial charge in [0, 0.05) is 44.9 Å². The third-order valence-corrected chi connectivity index (χ3v) is 16.7. The van der Waals surface area contributed by atoms with Crippen molar-refractivity contribution in [3.8, 4) is 66.8 Å². The van der Waals surface area contributed by atoms with Gasteiger partial charge in [-0.3, -0.25) is 0 Å². The van der Waals surface area contributed by atoms with Crippen LogP contribution in [0.5, 0.6) is 0 Å². The second kappa shape index (κ2) is 23.7. The van der Waals surface area contributed by atoms with Crippen molar-refractivity contribution in [1.82, 2.24) is 0 Å². The molecule has 0 atom stereocenters. The van der Waals surface area contributed by atoms with Crippen LogP contribution < -0.4 is 14.7 Å². The average molecular weight is 1130 g/mol. The van der Waals surface area contributed by atoms with Gasteiger partial charge < -0.3 is 19.1 Å². The zero-order chi connectivity index (χ0) is 58.6. The summed E-state index contributed by atoms with van der Waals surface area (Å²) in [7, 11) is 0. The Morgan fingerprint density at radius 2 is 0.364 bits per heavy atom. The Labute approximate surface area is 514 Å². The van der Waals surface area contributed by atoms with Crippen LogP contribution in [0.1, 0.15) is 0 Å². The molecule has 0 saturated heterocycles. The molecule has 0 aliphatic carbocycles. The summed E-state index contributed by atoms with van der Waals surface area (Å²) in [6.07, 6.45) is 0. The molecule has 15 rings (SSSR count). The van der Waals surface area contributed by atoms with Crippen LogP contribution in [-0.2, 0) is 0 Å². The third-order valence-electron chi connectivity index (χ3n) is 16.7. The maximum absolute atomic E-state index is 6.27. The van der Waals surface area contributed by atoms with E-state index in [9.17, 15) is 0 Å². The zero-order valence-electron chi connectivity index (χ0n) is 48.3. The lowest BCUT2D eigenvalue weighted by Crippen LogP contribution is -2.16. The molecule has 0 saturated carbocycles. The van der Waals surface area contributed by atoms with Crippen LogP contribution in [0.3, 0.4) is 0 Å². The van der Waals surface area contributed by atoms with Crippen molar-refractivity contribution >= 4 is 73.1 Å². The van der Waals surface area contributed by atoms with Crippen LogP contribution in [0.25, 0.3) is 88.7 Å². The number of hydrogen-bond donors (Lipinski definition) is 0. The zero-order valence-corrected chi connectivity index (χ0v) is 48.3. The van der Waals surface area contributed by atoms with Gasteiger partial charge in [0.25, 0.3) is 0 Å². The van der Waals surface area contributed by atoms with E-state index < -0.39 is 0 Å². The second-order valence-electron chi connectivity index (χ2n) is 22.1. The van der Waals surface area contributed by atoms with Crippen molar-refractivity contribution in [3.05, 3.63) is 358 Å². The molecular weight excluding hydrogens is 1070 g/mol. The Hall–Kier alpha value is -11.7. The Bertz CT molecular complexity index is 4470. The van der Waals surface area contributed by atoms with Crippen molar-refractivity contribution in [2.75, 3.05) is 14.7 Å². The summed E-state index contributed by atoms with van der Waals surface area (Å²) in [6, 6.07) is 129. The first-order valence-electron chi connectivity index (χ1n) is 29.9. The minimum absolute atomic E-state index is 0.879. The quantitative estimate of drug-likeness (QED) is 0.102. The molecule has 1 aromatic heterocycles. The summed E-state index contributed by atoms with van der Waals surface area (Å²) in [5.41, 5.74) is 24.6. The van der Waals surface area contributed by atoms with E-state index in [-0.39, 0.29) is 0 Å². The fourth-order valence-corrected chi connectivity index (χ4v) is 12.2. The molecule has 0 amide bonds. The van der Waals surface area contributed by atoms with Crippen LogP contribution in [-0.4, -0.2) is 0 Å². The summed E-state index contributed by atoms with van der Waals surface area (Å²) in [5, 5.41) is 2.21. The first-order chi connectivity index (χ1) is 43.6. The number of benzene rings is 14. The Morgan fingerprint density at radius 1 is 0.148 bits per heavy atom. The number of furan rings is 1. The SMILES string of the molecule is c1ccc(-c2ccc(N(c3ccc(-c4ccccc4)cc3)c3cc(N(c4ccc(-c5ccccc5)cc4)c4ccc(-c5ccccc5)cc4)cc(N(c4ccc(-c5ccccc5)cc4)c4ccc(-c5ccc6oc7ccccc7c6c5)cc4)c3)cc2)cc1. The van der Waals surface area contributed by atoms with Crippen LogP contribution >= 0.6 is 0 Å². The summed E-state index contributed by atoms with van der Waals surface area (Å²) < 4.78 is 6.27. The topological polar surface area (TPSA) is 22.9 Å². The number of para-hydroxylation sites is 1. The van der Waals surface area contributed by atoms with Gasteiger partial charge in [-0.1, -0.05) is 249 Å². The Balaban J connectivity index is 0.953. The highest BCUT2D eigenvalue weighted by Gasteiger charge is 2.24. The van der Waals surface area contributed by atoms with E-state index in [1.807, 2.05) is 12.1 Å². The van der Waals surface area contributed by atoms with Crippen molar-refractivity contribution in [2.45, 2.75) is 0 Å². The van der Waals surface area contributed by atoms with Crippen LogP contribution in [0.2, 0.25) is 0 Å². The molecule has 0 bridgehead atoms. The highest BCUT2D eigenvalue weighted by atomic mass is 16.3. The molecule has 0 unspecified atom stereocenters. The molecule has 1 heterocycles. The monoisotopic (exact) mass is 1130 g/mol. The van der Waals surface area contributed by atoms with Crippen LogP contribution in [0.15, 0.2) is 362 Å². The molecular formula is C84H59N3O. The molecule has 15 aromatic rings. The third kappa shape index (κ3) is 10.8. The summed E-state index contributed by atoms with van der Waals surface area (Å²) >= 11 is 0. The summed E-state index contributed by atoms with van der Waals surface area (Å²) in [6.45, 7) is 0. The van der Waals surface area contributed by atoms with Gasteiger partial charge in [0.2, 0.25) is 0 Å². The normalized spacial score (nSPS) is 11.2. The van der Waals surface area contributed by atoms with E-state index in [2.05, 4.69) is 360 Å². The smallest absolute Gasteiger partial charge is 0.135 e.